The second-order valence-corrected chi connectivity index (χ2v) is 5.68. The standard InChI is InChI=1S/C11H14BrClN2O2/c1-6-5-14-9(12)8(7(6)13)15-10(16)17-11(2,3)4/h5H,1-4H3,(H,15,16). The van der Waals surface area contributed by atoms with Crippen molar-refractivity contribution >= 4 is 39.3 Å². The van der Waals surface area contributed by atoms with Crippen LogP contribution in [-0.4, -0.2) is 16.7 Å². The zero-order chi connectivity index (χ0) is 13.2. The first-order valence-corrected chi connectivity index (χ1v) is 6.18. The van der Waals surface area contributed by atoms with E-state index in [9.17, 15) is 4.79 Å². The van der Waals surface area contributed by atoms with Crippen molar-refractivity contribution < 1.29 is 9.53 Å². The van der Waals surface area contributed by atoms with E-state index in [1.807, 2.05) is 6.92 Å². The number of carbonyl (C=O) groups excluding carboxylic acids is 1. The van der Waals surface area contributed by atoms with Crippen LogP contribution >= 0.6 is 27.5 Å². The maximum absolute atomic E-state index is 11.6. The van der Waals surface area contributed by atoms with E-state index in [-0.39, 0.29) is 0 Å². The predicted molar refractivity (Wildman–Crippen MR) is 71.5 cm³/mol. The molecule has 1 aromatic rings. The molecule has 0 spiro atoms. The fourth-order valence-electron chi connectivity index (χ4n) is 1.07. The highest BCUT2D eigenvalue weighted by Crippen LogP contribution is 2.31. The van der Waals surface area contributed by atoms with E-state index in [1.54, 1.807) is 27.0 Å². The molecular weight excluding hydrogens is 307 g/mol. The lowest BCUT2D eigenvalue weighted by Gasteiger charge is -2.20. The van der Waals surface area contributed by atoms with Gasteiger partial charge in [0.1, 0.15) is 10.2 Å². The Kier molecular flexibility index (Phi) is 4.38. The Morgan fingerprint density at radius 2 is 2.12 bits per heavy atom. The van der Waals surface area contributed by atoms with Crippen LogP contribution in [0.2, 0.25) is 5.02 Å². The van der Waals surface area contributed by atoms with Gasteiger partial charge in [-0.3, -0.25) is 5.32 Å². The summed E-state index contributed by atoms with van der Waals surface area (Å²) in [6, 6.07) is 0. The van der Waals surface area contributed by atoms with E-state index in [1.165, 1.54) is 0 Å². The first kappa shape index (κ1) is 14.3. The zero-order valence-corrected chi connectivity index (χ0v) is 12.4. The molecule has 0 fully saturated rings. The molecule has 1 heterocycles. The van der Waals surface area contributed by atoms with E-state index in [0.29, 0.717) is 15.3 Å². The number of ether oxygens (including phenoxy) is 1. The number of halogens is 2. The lowest BCUT2D eigenvalue weighted by atomic mass is 10.2. The molecule has 0 saturated carbocycles. The van der Waals surface area contributed by atoms with Crippen LogP contribution in [0.1, 0.15) is 26.3 Å². The minimum Gasteiger partial charge on any atom is -0.444 e. The van der Waals surface area contributed by atoms with Crippen LogP contribution < -0.4 is 5.32 Å². The van der Waals surface area contributed by atoms with Crippen molar-refractivity contribution in [3.8, 4) is 0 Å². The summed E-state index contributed by atoms with van der Waals surface area (Å²) in [6.07, 6.45) is 1.06. The van der Waals surface area contributed by atoms with Gasteiger partial charge in [-0.05, 0) is 49.2 Å². The fraction of sp³-hybridized carbons (Fsp3) is 0.455. The maximum Gasteiger partial charge on any atom is 0.412 e. The van der Waals surface area contributed by atoms with Crippen molar-refractivity contribution in [2.45, 2.75) is 33.3 Å². The first-order valence-electron chi connectivity index (χ1n) is 5.01. The third-order valence-corrected chi connectivity index (χ3v) is 2.86. The van der Waals surface area contributed by atoms with Crippen LogP contribution in [0.5, 0.6) is 0 Å². The van der Waals surface area contributed by atoms with E-state index in [0.717, 1.165) is 5.56 Å². The molecule has 0 aliphatic heterocycles. The molecule has 1 aromatic heterocycles. The first-order chi connectivity index (χ1) is 7.70. The molecule has 1 rings (SSSR count). The quantitative estimate of drug-likeness (QED) is 0.790. The van der Waals surface area contributed by atoms with Crippen molar-refractivity contribution in [3.63, 3.8) is 0 Å². The summed E-state index contributed by atoms with van der Waals surface area (Å²) in [5.41, 5.74) is 0.641. The average molecular weight is 322 g/mol. The van der Waals surface area contributed by atoms with Crippen molar-refractivity contribution in [1.82, 2.24) is 4.98 Å². The molecule has 0 unspecified atom stereocenters. The second kappa shape index (κ2) is 5.23. The Bertz CT molecular complexity index is 444. The number of nitrogens with zero attached hydrogens (tertiary/aromatic N) is 1. The summed E-state index contributed by atoms with van der Waals surface area (Å²) < 4.78 is 5.61. The smallest absolute Gasteiger partial charge is 0.412 e. The summed E-state index contributed by atoms with van der Waals surface area (Å²) in [5.74, 6) is 0. The van der Waals surface area contributed by atoms with E-state index in [4.69, 9.17) is 16.3 Å². The summed E-state index contributed by atoms with van der Waals surface area (Å²) in [7, 11) is 0. The number of hydrogen-bond donors (Lipinski definition) is 1. The zero-order valence-electron chi connectivity index (χ0n) is 10.1. The molecule has 94 valence electrons. The van der Waals surface area contributed by atoms with Crippen LogP contribution in [0.15, 0.2) is 10.8 Å². The Labute approximate surface area is 114 Å². The van der Waals surface area contributed by atoms with Gasteiger partial charge in [-0.1, -0.05) is 11.6 Å². The van der Waals surface area contributed by atoms with Crippen molar-refractivity contribution in [3.05, 3.63) is 21.4 Å². The highest BCUT2D eigenvalue weighted by atomic mass is 79.9. The van der Waals surface area contributed by atoms with Crippen molar-refractivity contribution in [2.75, 3.05) is 5.32 Å². The summed E-state index contributed by atoms with van der Waals surface area (Å²) in [4.78, 5) is 15.7. The minimum atomic E-state index is -0.563. The van der Waals surface area contributed by atoms with Gasteiger partial charge in [0.2, 0.25) is 0 Å². The number of aromatic nitrogens is 1. The second-order valence-electron chi connectivity index (χ2n) is 4.55. The molecule has 4 nitrogen and oxygen atoms in total. The monoisotopic (exact) mass is 320 g/mol. The highest BCUT2D eigenvalue weighted by Gasteiger charge is 2.19. The molecule has 0 bridgehead atoms. The molecule has 0 atom stereocenters. The summed E-state index contributed by atoms with van der Waals surface area (Å²) >= 11 is 9.30. The minimum absolute atomic E-state index is 0.418. The molecular formula is C11H14BrClN2O2. The molecule has 1 amide bonds. The van der Waals surface area contributed by atoms with E-state index in [2.05, 4.69) is 26.2 Å². The lowest BCUT2D eigenvalue weighted by Crippen LogP contribution is -2.27. The van der Waals surface area contributed by atoms with E-state index < -0.39 is 11.7 Å². The lowest BCUT2D eigenvalue weighted by molar-refractivity contribution is 0.0636. The molecule has 17 heavy (non-hydrogen) atoms. The average Bonchev–Trinajstić information content (AvgIpc) is 2.16. The Morgan fingerprint density at radius 1 is 1.53 bits per heavy atom. The number of rotatable bonds is 1. The van der Waals surface area contributed by atoms with Gasteiger partial charge in [-0.15, -0.1) is 0 Å². The van der Waals surface area contributed by atoms with Crippen LogP contribution in [-0.2, 0) is 4.74 Å². The SMILES string of the molecule is Cc1cnc(Br)c(NC(=O)OC(C)(C)C)c1Cl. The van der Waals surface area contributed by atoms with Gasteiger partial charge in [0.25, 0.3) is 0 Å². The number of aryl methyl sites for hydroxylation is 1. The van der Waals surface area contributed by atoms with Gasteiger partial charge >= 0.3 is 6.09 Å². The summed E-state index contributed by atoms with van der Waals surface area (Å²) in [5, 5.41) is 3.02. The van der Waals surface area contributed by atoms with Gasteiger partial charge in [-0.2, -0.15) is 0 Å². The Hall–Kier alpha value is -0.810. The fourth-order valence-corrected chi connectivity index (χ4v) is 1.77. The van der Waals surface area contributed by atoms with Gasteiger partial charge in [0.05, 0.1) is 10.7 Å². The number of hydrogen-bond acceptors (Lipinski definition) is 3. The molecule has 0 aliphatic carbocycles. The molecule has 0 aliphatic rings. The summed E-state index contributed by atoms with van der Waals surface area (Å²) in [6.45, 7) is 7.18. The highest BCUT2D eigenvalue weighted by molar-refractivity contribution is 9.10. The van der Waals surface area contributed by atoms with Gasteiger partial charge < -0.3 is 4.74 Å². The largest absolute Gasteiger partial charge is 0.444 e. The molecule has 0 radical (unpaired) electrons. The van der Waals surface area contributed by atoms with Crippen LogP contribution in [0.3, 0.4) is 0 Å². The predicted octanol–water partition coefficient (Wildman–Crippen LogP) is 4.15. The number of pyridine rings is 1. The molecule has 0 aromatic carbocycles. The third-order valence-electron chi connectivity index (χ3n) is 1.77. The van der Waals surface area contributed by atoms with E-state index >= 15 is 0 Å². The number of anilines is 1. The van der Waals surface area contributed by atoms with Gasteiger partial charge in [-0.25, -0.2) is 9.78 Å². The third kappa shape index (κ3) is 4.16. The van der Waals surface area contributed by atoms with Crippen molar-refractivity contribution in [2.24, 2.45) is 0 Å². The molecule has 0 saturated heterocycles. The Balaban J connectivity index is 2.89. The van der Waals surface area contributed by atoms with Gasteiger partial charge in [0.15, 0.2) is 0 Å². The Morgan fingerprint density at radius 3 is 2.65 bits per heavy atom. The number of carbonyl (C=O) groups is 1. The molecule has 1 N–H and O–H groups in total. The number of nitrogens with one attached hydrogen (secondary N) is 1. The normalized spacial score (nSPS) is 11.2. The molecule has 6 heteroatoms. The number of amides is 1. The topological polar surface area (TPSA) is 51.2 Å². The maximum atomic E-state index is 11.6. The van der Waals surface area contributed by atoms with Gasteiger partial charge in [0, 0.05) is 6.20 Å². The van der Waals surface area contributed by atoms with Crippen LogP contribution in [0.4, 0.5) is 10.5 Å². The van der Waals surface area contributed by atoms with Crippen LogP contribution in [0.25, 0.3) is 0 Å². The van der Waals surface area contributed by atoms with Crippen molar-refractivity contribution in [1.29, 1.82) is 0 Å². The van der Waals surface area contributed by atoms with Crippen LogP contribution in [0, 0.1) is 6.92 Å².